The normalized spacial score (nSPS) is 13.2. The van der Waals surface area contributed by atoms with Crippen molar-refractivity contribution in [2.24, 2.45) is 11.7 Å². The van der Waals surface area contributed by atoms with Gasteiger partial charge in [-0.1, -0.05) is 18.3 Å². The molecule has 18 heavy (non-hydrogen) atoms. The largest absolute Gasteiger partial charge is 0.491 e. The molecule has 7 heteroatoms. The van der Waals surface area contributed by atoms with Crippen LogP contribution in [0.1, 0.15) is 5.56 Å². The Hall–Kier alpha value is -0.820. The smallest absolute Gasteiger partial charge is 0.401 e. The number of ether oxygens (including phenoxy) is 1. The molecule has 0 saturated heterocycles. The molecule has 0 aliphatic heterocycles. The Labute approximate surface area is 116 Å². The van der Waals surface area contributed by atoms with E-state index in [9.17, 15) is 13.2 Å². The summed E-state index contributed by atoms with van der Waals surface area (Å²) >= 11 is 7.61. The third-order valence-corrected chi connectivity index (χ3v) is 3.14. The van der Waals surface area contributed by atoms with Gasteiger partial charge in [0.1, 0.15) is 18.3 Å². The number of aryl methyl sites for hydroxylation is 1. The minimum atomic E-state index is -4.50. The highest BCUT2D eigenvalue weighted by atomic mass is 79.9. The number of rotatable bonds is 4. The Morgan fingerprint density at radius 1 is 1.50 bits per heavy atom. The Kier molecular flexibility index (Phi) is 4.98. The first-order valence-corrected chi connectivity index (χ1v) is 6.17. The third kappa shape index (κ3) is 4.13. The zero-order valence-corrected chi connectivity index (χ0v) is 11.8. The molecule has 0 amide bonds. The van der Waals surface area contributed by atoms with Crippen LogP contribution in [0.25, 0.3) is 0 Å². The van der Waals surface area contributed by atoms with Crippen LogP contribution in [-0.4, -0.2) is 17.8 Å². The Morgan fingerprint density at radius 3 is 2.56 bits per heavy atom. The summed E-state index contributed by atoms with van der Waals surface area (Å²) in [7, 11) is 0. The van der Waals surface area contributed by atoms with Gasteiger partial charge in [0.15, 0.2) is 0 Å². The van der Waals surface area contributed by atoms with E-state index in [4.69, 9.17) is 10.5 Å². The van der Waals surface area contributed by atoms with Crippen molar-refractivity contribution in [3.8, 4) is 5.75 Å². The highest BCUT2D eigenvalue weighted by Gasteiger charge is 2.42. The van der Waals surface area contributed by atoms with E-state index in [1.165, 1.54) is 0 Å². The van der Waals surface area contributed by atoms with E-state index in [2.05, 4.69) is 28.1 Å². The first-order valence-electron chi connectivity index (χ1n) is 4.97. The summed E-state index contributed by atoms with van der Waals surface area (Å²) in [6, 6.07) is 5.08. The molecule has 0 radical (unpaired) electrons. The van der Waals surface area contributed by atoms with Crippen molar-refractivity contribution in [1.29, 1.82) is 0 Å². The molecule has 2 nitrogen and oxygen atoms in total. The van der Waals surface area contributed by atoms with Crippen LogP contribution in [0.3, 0.4) is 0 Å². The van der Waals surface area contributed by atoms with Gasteiger partial charge in [-0.3, -0.25) is 0 Å². The average Bonchev–Trinajstić information content (AvgIpc) is 2.18. The standard InChI is InChI=1S/C11H11BrF3NOS/c1-6-2-3-9(8(12)4-6)17-5-7(10(16)18)11(13,14)15/h2-4,7H,5H2,1H3,(H2,16,18). The van der Waals surface area contributed by atoms with Crippen LogP contribution in [0.2, 0.25) is 0 Å². The van der Waals surface area contributed by atoms with Crippen LogP contribution in [0.4, 0.5) is 13.2 Å². The van der Waals surface area contributed by atoms with Gasteiger partial charge in [0, 0.05) is 0 Å². The van der Waals surface area contributed by atoms with Gasteiger partial charge in [-0.25, -0.2) is 0 Å². The van der Waals surface area contributed by atoms with Crippen LogP contribution in [0.5, 0.6) is 5.75 Å². The van der Waals surface area contributed by atoms with E-state index in [-0.39, 0.29) is 0 Å². The van der Waals surface area contributed by atoms with Crippen molar-refractivity contribution in [3.63, 3.8) is 0 Å². The zero-order chi connectivity index (χ0) is 13.9. The molecule has 1 unspecified atom stereocenters. The molecule has 0 aliphatic rings. The van der Waals surface area contributed by atoms with Gasteiger partial charge in [0.2, 0.25) is 0 Å². The average molecular weight is 342 g/mol. The summed E-state index contributed by atoms with van der Waals surface area (Å²) in [5.74, 6) is -1.62. The van der Waals surface area contributed by atoms with Crippen molar-refractivity contribution >= 4 is 33.1 Å². The van der Waals surface area contributed by atoms with Crippen LogP contribution < -0.4 is 10.5 Å². The van der Waals surface area contributed by atoms with Crippen LogP contribution in [0, 0.1) is 12.8 Å². The maximum atomic E-state index is 12.6. The number of hydrogen-bond acceptors (Lipinski definition) is 2. The fraction of sp³-hybridized carbons (Fsp3) is 0.364. The van der Waals surface area contributed by atoms with Gasteiger partial charge >= 0.3 is 6.18 Å². The molecule has 100 valence electrons. The second kappa shape index (κ2) is 5.88. The third-order valence-electron chi connectivity index (χ3n) is 2.23. The van der Waals surface area contributed by atoms with E-state index in [0.29, 0.717) is 10.2 Å². The molecule has 0 fully saturated rings. The molecule has 0 heterocycles. The van der Waals surface area contributed by atoms with E-state index in [1.54, 1.807) is 18.2 Å². The first kappa shape index (κ1) is 15.2. The van der Waals surface area contributed by atoms with E-state index in [1.807, 2.05) is 6.92 Å². The summed E-state index contributed by atoms with van der Waals surface area (Å²) in [5, 5.41) is 0. The SMILES string of the molecule is Cc1ccc(OCC(C(N)=S)C(F)(F)F)c(Br)c1. The van der Waals surface area contributed by atoms with Crippen molar-refractivity contribution in [2.45, 2.75) is 13.1 Å². The lowest BCUT2D eigenvalue weighted by Crippen LogP contribution is -2.38. The topological polar surface area (TPSA) is 35.2 Å². The molecular formula is C11H11BrF3NOS. The molecule has 0 bridgehead atoms. The zero-order valence-electron chi connectivity index (χ0n) is 9.42. The number of alkyl halides is 3. The van der Waals surface area contributed by atoms with Gasteiger partial charge in [0.25, 0.3) is 0 Å². The van der Waals surface area contributed by atoms with E-state index < -0.39 is 23.7 Å². The van der Waals surface area contributed by atoms with Gasteiger partial charge in [-0.05, 0) is 40.5 Å². The summed E-state index contributed by atoms with van der Waals surface area (Å²) in [4.78, 5) is -0.620. The summed E-state index contributed by atoms with van der Waals surface area (Å²) in [6.45, 7) is 1.24. The molecule has 1 atom stereocenters. The quantitative estimate of drug-likeness (QED) is 0.850. The van der Waals surface area contributed by atoms with Crippen molar-refractivity contribution in [1.82, 2.24) is 0 Å². The molecule has 1 aromatic carbocycles. The van der Waals surface area contributed by atoms with Crippen molar-refractivity contribution in [3.05, 3.63) is 28.2 Å². The van der Waals surface area contributed by atoms with E-state index in [0.717, 1.165) is 5.56 Å². The molecule has 1 rings (SSSR count). The van der Waals surface area contributed by atoms with Crippen LogP contribution in [0.15, 0.2) is 22.7 Å². The molecule has 0 spiro atoms. The van der Waals surface area contributed by atoms with Gasteiger partial charge in [0.05, 0.1) is 9.46 Å². The molecule has 0 aromatic heterocycles. The first-order chi connectivity index (χ1) is 8.21. The monoisotopic (exact) mass is 341 g/mol. The maximum Gasteiger partial charge on any atom is 0.401 e. The Morgan fingerprint density at radius 2 is 2.11 bits per heavy atom. The molecule has 0 aliphatic carbocycles. The van der Waals surface area contributed by atoms with Gasteiger partial charge in [-0.2, -0.15) is 13.2 Å². The molecule has 0 saturated carbocycles. The molecule has 2 N–H and O–H groups in total. The molecular weight excluding hydrogens is 331 g/mol. The van der Waals surface area contributed by atoms with Gasteiger partial charge in [-0.15, -0.1) is 0 Å². The van der Waals surface area contributed by atoms with E-state index >= 15 is 0 Å². The number of thiocarbonyl (C=S) groups is 1. The van der Waals surface area contributed by atoms with Crippen molar-refractivity contribution < 1.29 is 17.9 Å². The fourth-order valence-corrected chi connectivity index (χ4v) is 2.04. The van der Waals surface area contributed by atoms with Crippen molar-refractivity contribution in [2.75, 3.05) is 6.61 Å². The highest BCUT2D eigenvalue weighted by molar-refractivity contribution is 9.10. The number of halogens is 4. The predicted molar refractivity (Wildman–Crippen MR) is 70.7 cm³/mol. The lowest BCUT2D eigenvalue weighted by molar-refractivity contribution is -0.161. The lowest BCUT2D eigenvalue weighted by atomic mass is 10.1. The minimum Gasteiger partial charge on any atom is -0.491 e. The number of nitrogens with two attached hydrogens (primary N) is 1. The van der Waals surface area contributed by atoms with Gasteiger partial charge < -0.3 is 10.5 Å². The van der Waals surface area contributed by atoms with Crippen LogP contribution in [-0.2, 0) is 0 Å². The summed E-state index contributed by atoms with van der Waals surface area (Å²) in [5.41, 5.74) is 6.04. The Balaban J connectivity index is 2.77. The second-order valence-electron chi connectivity index (χ2n) is 3.74. The number of benzene rings is 1. The summed E-state index contributed by atoms with van der Waals surface area (Å²) in [6.07, 6.45) is -4.50. The number of hydrogen-bond donors (Lipinski definition) is 1. The predicted octanol–water partition coefficient (Wildman–Crippen LogP) is 3.60. The lowest BCUT2D eigenvalue weighted by Gasteiger charge is -2.19. The highest BCUT2D eigenvalue weighted by Crippen LogP contribution is 2.30. The Bertz CT molecular complexity index is 450. The summed E-state index contributed by atoms with van der Waals surface area (Å²) < 4.78 is 43.4. The minimum absolute atomic E-state index is 0.325. The maximum absolute atomic E-state index is 12.6. The molecule has 1 aromatic rings. The van der Waals surface area contributed by atoms with Crippen LogP contribution >= 0.6 is 28.1 Å². The second-order valence-corrected chi connectivity index (χ2v) is 5.07. The fourth-order valence-electron chi connectivity index (χ4n) is 1.23.